The fraction of sp³-hybridized carbons (Fsp3) is 0.391. The van der Waals surface area contributed by atoms with Crippen LogP contribution in [0.1, 0.15) is 24.8 Å². The van der Waals surface area contributed by atoms with Crippen LogP contribution in [0.15, 0.2) is 54.6 Å². The topological polar surface area (TPSA) is 49.9 Å². The minimum atomic E-state index is 0.0585. The van der Waals surface area contributed by atoms with E-state index in [2.05, 4.69) is 12.1 Å². The van der Waals surface area contributed by atoms with Crippen LogP contribution in [0.25, 0.3) is 0 Å². The van der Waals surface area contributed by atoms with Crippen LogP contribution in [-0.4, -0.2) is 54.4 Å². The molecule has 6 heteroatoms. The van der Waals surface area contributed by atoms with Crippen LogP contribution in [0.2, 0.25) is 5.02 Å². The molecule has 0 aromatic heterocycles. The van der Waals surface area contributed by atoms with Gasteiger partial charge >= 0.3 is 0 Å². The van der Waals surface area contributed by atoms with Crippen molar-refractivity contribution >= 4 is 23.4 Å². The summed E-state index contributed by atoms with van der Waals surface area (Å²) in [6.45, 7) is 2.69. The molecule has 0 aliphatic carbocycles. The van der Waals surface area contributed by atoms with Crippen LogP contribution in [0, 0.1) is 0 Å². The van der Waals surface area contributed by atoms with Crippen molar-refractivity contribution in [1.82, 2.24) is 9.80 Å². The molecule has 2 aromatic carbocycles. The van der Waals surface area contributed by atoms with Gasteiger partial charge in [0.25, 0.3) is 0 Å². The van der Waals surface area contributed by atoms with Gasteiger partial charge in [-0.25, -0.2) is 0 Å². The van der Waals surface area contributed by atoms with E-state index in [-0.39, 0.29) is 11.8 Å². The van der Waals surface area contributed by atoms with Crippen molar-refractivity contribution in [3.8, 4) is 5.75 Å². The summed E-state index contributed by atoms with van der Waals surface area (Å²) in [5, 5.41) is 0.610. The van der Waals surface area contributed by atoms with Gasteiger partial charge in [0.15, 0.2) is 0 Å². The third-order valence-corrected chi connectivity index (χ3v) is 5.30. The number of rotatable bonds is 8. The van der Waals surface area contributed by atoms with E-state index >= 15 is 0 Å². The van der Waals surface area contributed by atoms with E-state index in [0.717, 1.165) is 12.8 Å². The van der Waals surface area contributed by atoms with Crippen LogP contribution in [0.4, 0.5) is 0 Å². The maximum atomic E-state index is 12.4. The highest BCUT2D eigenvalue weighted by Crippen LogP contribution is 2.17. The van der Waals surface area contributed by atoms with Crippen molar-refractivity contribution in [3.63, 3.8) is 0 Å². The molecule has 154 valence electrons. The van der Waals surface area contributed by atoms with Gasteiger partial charge in [0.05, 0.1) is 13.0 Å². The summed E-state index contributed by atoms with van der Waals surface area (Å²) in [5.41, 5.74) is 1.26. The molecule has 0 unspecified atom stereocenters. The molecule has 0 bridgehead atoms. The number of hydrogen-bond acceptors (Lipinski definition) is 3. The van der Waals surface area contributed by atoms with Crippen molar-refractivity contribution < 1.29 is 14.3 Å². The number of aryl methyl sites for hydroxylation is 1. The van der Waals surface area contributed by atoms with E-state index in [1.54, 1.807) is 12.1 Å². The zero-order valence-corrected chi connectivity index (χ0v) is 17.3. The summed E-state index contributed by atoms with van der Waals surface area (Å²) in [7, 11) is 0. The quantitative estimate of drug-likeness (QED) is 0.660. The van der Waals surface area contributed by atoms with Gasteiger partial charge in [-0.2, -0.15) is 0 Å². The molecule has 5 nitrogen and oxygen atoms in total. The van der Waals surface area contributed by atoms with E-state index in [1.807, 2.05) is 40.1 Å². The second-order valence-corrected chi connectivity index (χ2v) is 7.59. The predicted molar refractivity (Wildman–Crippen MR) is 114 cm³/mol. The van der Waals surface area contributed by atoms with Crippen molar-refractivity contribution in [2.24, 2.45) is 0 Å². The van der Waals surface area contributed by atoms with Gasteiger partial charge in [-0.05, 0) is 36.6 Å². The van der Waals surface area contributed by atoms with Crippen LogP contribution in [0.3, 0.4) is 0 Å². The molecule has 0 atom stereocenters. The number of halogens is 1. The third kappa shape index (κ3) is 6.79. The molecule has 3 rings (SSSR count). The fourth-order valence-corrected chi connectivity index (χ4v) is 3.60. The van der Waals surface area contributed by atoms with Gasteiger partial charge in [0.1, 0.15) is 5.75 Å². The van der Waals surface area contributed by atoms with E-state index in [4.69, 9.17) is 16.3 Å². The maximum Gasteiger partial charge on any atom is 0.226 e. The number of piperazine rings is 1. The fourth-order valence-electron chi connectivity index (χ4n) is 3.42. The molecule has 0 N–H and O–H groups in total. The number of ether oxygens (including phenoxy) is 1. The Kier molecular flexibility index (Phi) is 7.94. The summed E-state index contributed by atoms with van der Waals surface area (Å²) in [6, 6.07) is 17.4. The van der Waals surface area contributed by atoms with Crippen LogP contribution < -0.4 is 4.74 Å². The van der Waals surface area contributed by atoms with Crippen molar-refractivity contribution in [1.29, 1.82) is 0 Å². The molecule has 1 aliphatic heterocycles. The molecule has 1 aliphatic rings. The van der Waals surface area contributed by atoms with E-state index in [0.29, 0.717) is 56.4 Å². The first-order chi connectivity index (χ1) is 14.1. The van der Waals surface area contributed by atoms with Gasteiger partial charge in [-0.15, -0.1) is 0 Å². The van der Waals surface area contributed by atoms with Crippen molar-refractivity contribution in [3.05, 3.63) is 65.2 Å². The monoisotopic (exact) mass is 414 g/mol. The van der Waals surface area contributed by atoms with Gasteiger partial charge in [-0.3, -0.25) is 9.59 Å². The number of hydrogen-bond donors (Lipinski definition) is 0. The van der Waals surface area contributed by atoms with Gasteiger partial charge in [-0.1, -0.05) is 48.0 Å². The Bertz CT molecular complexity index is 805. The predicted octanol–water partition coefficient (Wildman–Crippen LogP) is 3.80. The highest BCUT2D eigenvalue weighted by molar-refractivity contribution is 6.30. The Morgan fingerprint density at radius 2 is 1.52 bits per heavy atom. The molecule has 0 radical (unpaired) electrons. The molecule has 1 saturated heterocycles. The first kappa shape index (κ1) is 21.2. The molecular formula is C23H27ClN2O3. The maximum absolute atomic E-state index is 12.4. The van der Waals surface area contributed by atoms with Crippen LogP contribution in [0.5, 0.6) is 5.75 Å². The SMILES string of the molecule is O=C(CCCc1ccccc1)N1CCN(C(=O)CCOc2cccc(Cl)c2)CC1. The van der Waals surface area contributed by atoms with Crippen LogP contribution in [-0.2, 0) is 16.0 Å². The van der Waals surface area contributed by atoms with E-state index < -0.39 is 0 Å². The highest BCUT2D eigenvalue weighted by atomic mass is 35.5. The second kappa shape index (κ2) is 10.9. The summed E-state index contributed by atoms with van der Waals surface area (Å²) in [4.78, 5) is 28.5. The van der Waals surface area contributed by atoms with Gasteiger partial charge in [0, 0.05) is 37.6 Å². The van der Waals surface area contributed by atoms with Crippen molar-refractivity contribution in [2.75, 3.05) is 32.8 Å². The first-order valence-corrected chi connectivity index (χ1v) is 10.5. The molecular weight excluding hydrogens is 388 g/mol. The summed E-state index contributed by atoms with van der Waals surface area (Å²) in [6.07, 6.45) is 2.63. The average Bonchev–Trinajstić information content (AvgIpc) is 2.74. The zero-order chi connectivity index (χ0) is 20.5. The average molecular weight is 415 g/mol. The number of amides is 2. The van der Waals surface area contributed by atoms with Gasteiger partial charge in [0.2, 0.25) is 11.8 Å². The van der Waals surface area contributed by atoms with Crippen LogP contribution >= 0.6 is 11.6 Å². The molecule has 0 spiro atoms. The standard InChI is InChI=1S/C23H27ClN2O3/c24-20-9-5-10-21(18-20)29-17-12-23(28)26-15-13-25(14-16-26)22(27)11-4-8-19-6-2-1-3-7-19/h1-3,5-7,9-10,18H,4,8,11-17H2. The zero-order valence-electron chi connectivity index (χ0n) is 16.6. The second-order valence-electron chi connectivity index (χ2n) is 7.16. The number of nitrogens with zero attached hydrogens (tertiary/aromatic N) is 2. The van der Waals surface area contributed by atoms with E-state index in [1.165, 1.54) is 5.56 Å². The smallest absolute Gasteiger partial charge is 0.226 e. The molecule has 0 saturated carbocycles. The molecule has 1 heterocycles. The summed E-state index contributed by atoms with van der Waals surface area (Å²) in [5.74, 6) is 0.900. The molecule has 1 fully saturated rings. The largest absolute Gasteiger partial charge is 0.493 e. The normalized spacial score (nSPS) is 14.0. The lowest BCUT2D eigenvalue weighted by molar-refractivity contribution is -0.139. The molecule has 2 amide bonds. The van der Waals surface area contributed by atoms with Gasteiger partial charge < -0.3 is 14.5 Å². The molecule has 29 heavy (non-hydrogen) atoms. The lowest BCUT2D eigenvalue weighted by atomic mass is 10.1. The minimum absolute atomic E-state index is 0.0585. The lowest BCUT2D eigenvalue weighted by Gasteiger charge is -2.35. The number of carbonyl (C=O) groups excluding carboxylic acids is 2. The first-order valence-electron chi connectivity index (χ1n) is 10.1. The van der Waals surface area contributed by atoms with Crippen molar-refractivity contribution in [2.45, 2.75) is 25.7 Å². The number of benzene rings is 2. The lowest BCUT2D eigenvalue weighted by Crippen LogP contribution is -2.50. The Hall–Kier alpha value is -2.53. The molecule has 2 aromatic rings. The Morgan fingerprint density at radius 1 is 0.862 bits per heavy atom. The summed E-state index contributed by atoms with van der Waals surface area (Å²) < 4.78 is 5.59. The Labute approximate surface area is 177 Å². The third-order valence-electron chi connectivity index (χ3n) is 5.06. The van der Waals surface area contributed by atoms with E-state index in [9.17, 15) is 9.59 Å². The number of carbonyl (C=O) groups is 2. The Morgan fingerprint density at radius 3 is 2.17 bits per heavy atom. The minimum Gasteiger partial charge on any atom is -0.493 e. The highest BCUT2D eigenvalue weighted by Gasteiger charge is 2.23. The summed E-state index contributed by atoms with van der Waals surface area (Å²) >= 11 is 5.92. The Balaban J connectivity index is 1.32.